The molecular formula is C14H28N2S. The summed E-state index contributed by atoms with van der Waals surface area (Å²) >= 11 is 2.05. The highest BCUT2D eigenvalue weighted by Crippen LogP contribution is 2.24. The van der Waals surface area contributed by atoms with Gasteiger partial charge in [0, 0.05) is 17.3 Å². The zero-order chi connectivity index (χ0) is 12.3. The summed E-state index contributed by atoms with van der Waals surface area (Å²) in [4.78, 5) is 2.70. The molecule has 100 valence electrons. The molecule has 2 fully saturated rings. The second-order valence-electron chi connectivity index (χ2n) is 5.87. The Morgan fingerprint density at radius 2 is 1.82 bits per heavy atom. The zero-order valence-corrected chi connectivity index (χ0v) is 12.4. The van der Waals surface area contributed by atoms with E-state index in [0.29, 0.717) is 0 Å². The fraction of sp³-hybridized carbons (Fsp3) is 1.00. The van der Waals surface area contributed by atoms with Crippen LogP contribution in [0.5, 0.6) is 0 Å². The van der Waals surface area contributed by atoms with Crippen molar-refractivity contribution in [1.29, 1.82) is 0 Å². The molecule has 0 aromatic heterocycles. The fourth-order valence-electron chi connectivity index (χ4n) is 2.69. The first-order valence-corrected chi connectivity index (χ1v) is 8.49. The van der Waals surface area contributed by atoms with Crippen molar-refractivity contribution >= 4 is 11.8 Å². The number of nitrogens with zero attached hydrogens (tertiary/aromatic N) is 1. The highest BCUT2D eigenvalue weighted by Gasteiger charge is 2.27. The van der Waals surface area contributed by atoms with Gasteiger partial charge in [0.2, 0.25) is 0 Å². The van der Waals surface area contributed by atoms with Crippen LogP contribution in [0.3, 0.4) is 0 Å². The van der Waals surface area contributed by atoms with E-state index < -0.39 is 0 Å². The molecule has 0 aromatic carbocycles. The van der Waals surface area contributed by atoms with Crippen molar-refractivity contribution in [2.45, 2.75) is 56.9 Å². The third-order valence-corrected chi connectivity index (χ3v) is 5.65. The highest BCUT2D eigenvalue weighted by molar-refractivity contribution is 7.99. The van der Waals surface area contributed by atoms with Crippen LogP contribution in [-0.2, 0) is 0 Å². The Morgan fingerprint density at radius 1 is 1.18 bits per heavy atom. The molecule has 2 atom stereocenters. The van der Waals surface area contributed by atoms with Gasteiger partial charge in [-0.05, 0) is 64.4 Å². The Labute approximate surface area is 111 Å². The van der Waals surface area contributed by atoms with Gasteiger partial charge < -0.3 is 10.2 Å². The van der Waals surface area contributed by atoms with Gasteiger partial charge in [-0.3, -0.25) is 0 Å². The molecule has 1 aliphatic carbocycles. The SMILES string of the molecule is CSC1CCN(C(C)C(C)CNC2CC2)CC1. The highest BCUT2D eigenvalue weighted by atomic mass is 32.2. The fourth-order valence-corrected chi connectivity index (χ4v) is 3.37. The molecule has 1 N–H and O–H groups in total. The number of hydrogen-bond acceptors (Lipinski definition) is 3. The lowest BCUT2D eigenvalue weighted by Crippen LogP contribution is -2.45. The molecule has 0 spiro atoms. The number of thioether (sulfide) groups is 1. The molecule has 0 aromatic rings. The summed E-state index contributed by atoms with van der Waals surface area (Å²) in [5.74, 6) is 0.779. The minimum atomic E-state index is 0.740. The van der Waals surface area contributed by atoms with Gasteiger partial charge in [0.1, 0.15) is 0 Å². The van der Waals surface area contributed by atoms with E-state index >= 15 is 0 Å². The van der Waals surface area contributed by atoms with Gasteiger partial charge in [-0.2, -0.15) is 11.8 Å². The van der Waals surface area contributed by atoms with E-state index in [4.69, 9.17) is 0 Å². The summed E-state index contributed by atoms with van der Waals surface area (Å²) in [6.45, 7) is 8.63. The largest absolute Gasteiger partial charge is 0.314 e. The maximum Gasteiger partial charge on any atom is 0.0105 e. The predicted molar refractivity (Wildman–Crippen MR) is 77.8 cm³/mol. The summed E-state index contributed by atoms with van der Waals surface area (Å²) in [6.07, 6.45) is 7.83. The third kappa shape index (κ3) is 4.15. The first-order valence-electron chi connectivity index (χ1n) is 7.21. The van der Waals surface area contributed by atoms with E-state index in [-0.39, 0.29) is 0 Å². The first kappa shape index (κ1) is 13.7. The quantitative estimate of drug-likeness (QED) is 0.786. The summed E-state index contributed by atoms with van der Waals surface area (Å²) in [5.41, 5.74) is 0. The molecule has 1 saturated heterocycles. The van der Waals surface area contributed by atoms with E-state index in [1.807, 2.05) is 0 Å². The van der Waals surface area contributed by atoms with Crippen LogP contribution in [0.1, 0.15) is 39.5 Å². The number of rotatable bonds is 6. The minimum absolute atomic E-state index is 0.740. The van der Waals surface area contributed by atoms with Crippen molar-refractivity contribution in [3.63, 3.8) is 0 Å². The number of hydrogen-bond donors (Lipinski definition) is 1. The molecule has 2 nitrogen and oxygen atoms in total. The van der Waals surface area contributed by atoms with Gasteiger partial charge >= 0.3 is 0 Å². The average molecular weight is 256 g/mol. The number of nitrogens with one attached hydrogen (secondary N) is 1. The van der Waals surface area contributed by atoms with E-state index in [2.05, 4.69) is 42.1 Å². The summed E-state index contributed by atoms with van der Waals surface area (Å²) in [7, 11) is 0. The molecular weight excluding hydrogens is 228 g/mol. The summed E-state index contributed by atoms with van der Waals surface area (Å²) in [5, 5.41) is 4.58. The molecule has 3 heteroatoms. The van der Waals surface area contributed by atoms with E-state index in [0.717, 1.165) is 23.3 Å². The second-order valence-corrected chi connectivity index (χ2v) is 7.01. The lowest BCUT2D eigenvalue weighted by Gasteiger charge is -2.38. The lowest BCUT2D eigenvalue weighted by atomic mass is 9.99. The predicted octanol–water partition coefficient (Wildman–Crippen LogP) is 2.59. The molecule has 2 rings (SSSR count). The van der Waals surface area contributed by atoms with Gasteiger partial charge in [-0.1, -0.05) is 6.92 Å². The molecule has 2 unspecified atom stereocenters. The molecule has 0 radical (unpaired) electrons. The molecule has 2 aliphatic rings. The van der Waals surface area contributed by atoms with Crippen LogP contribution < -0.4 is 5.32 Å². The smallest absolute Gasteiger partial charge is 0.0105 e. The van der Waals surface area contributed by atoms with Gasteiger partial charge in [0.05, 0.1) is 0 Å². The van der Waals surface area contributed by atoms with Crippen molar-refractivity contribution in [3.05, 3.63) is 0 Å². The van der Waals surface area contributed by atoms with E-state index in [9.17, 15) is 0 Å². The van der Waals surface area contributed by atoms with E-state index in [1.54, 1.807) is 0 Å². The first-order chi connectivity index (χ1) is 8.20. The molecule has 1 heterocycles. The van der Waals surface area contributed by atoms with Crippen LogP contribution in [0.2, 0.25) is 0 Å². The Morgan fingerprint density at radius 3 is 2.35 bits per heavy atom. The van der Waals surface area contributed by atoms with Crippen LogP contribution in [-0.4, -0.2) is 48.1 Å². The molecule has 0 amide bonds. The normalized spacial score (nSPS) is 27.0. The van der Waals surface area contributed by atoms with Crippen molar-refractivity contribution in [2.24, 2.45) is 5.92 Å². The second kappa shape index (κ2) is 6.44. The Hall–Kier alpha value is 0.270. The standard InChI is InChI=1S/C14H28N2S/c1-11(10-15-13-4-5-13)12(2)16-8-6-14(17-3)7-9-16/h11-15H,4-10H2,1-3H3. The third-order valence-electron chi connectivity index (χ3n) is 4.52. The topological polar surface area (TPSA) is 15.3 Å². The monoisotopic (exact) mass is 256 g/mol. The molecule has 0 bridgehead atoms. The van der Waals surface area contributed by atoms with Crippen molar-refractivity contribution < 1.29 is 0 Å². The van der Waals surface area contributed by atoms with Crippen LogP contribution in [0.15, 0.2) is 0 Å². The van der Waals surface area contributed by atoms with Gasteiger partial charge in [-0.25, -0.2) is 0 Å². The Balaban J connectivity index is 1.68. The minimum Gasteiger partial charge on any atom is -0.314 e. The lowest BCUT2D eigenvalue weighted by molar-refractivity contribution is 0.135. The van der Waals surface area contributed by atoms with Gasteiger partial charge in [0.15, 0.2) is 0 Å². The van der Waals surface area contributed by atoms with Crippen molar-refractivity contribution in [1.82, 2.24) is 10.2 Å². The van der Waals surface area contributed by atoms with Crippen LogP contribution >= 0.6 is 11.8 Å². The number of likely N-dealkylation sites (tertiary alicyclic amines) is 1. The summed E-state index contributed by atoms with van der Waals surface area (Å²) < 4.78 is 0. The molecule has 17 heavy (non-hydrogen) atoms. The molecule has 1 aliphatic heterocycles. The number of piperidine rings is 1. The Bertz CT molecular complexity index is 222. The Kier molecular flexibility index (Phi) is 5.19. The van der Waals surface area contributed by atoms with Crippen molar-refractivity contribution in [2.75, 3.05) is 25.9 Å². The summed E-state index contributed by atoms with van der Waals surface area (Å²) in [6, 6.07) is 1.59. The van der Waals surface area contributed by atoms with Gasteiger partial charge in [0.25, 0.3) is 0 Å². The van der Waals surface area contributed by atoms with E-state index in [1.165, 1.54) is 45.3 Å². The van der Waals surface area contributed by atoms with Crippen LogP contribution in [0.25, 0.3) is 0 Å². The maximum atomic E-state index is 3.67. The zero-order valence-electron chi connectivity index (χ0n) is 11.6. The van der Waals surface area contributed by atoms with Crippen LogP contribution in [0, 0.1) is 5.92 Å². The van der Waals surface area contributed by atoms with Crippen molar-refractivity contribution in [3.8, 4) is 0 Å². The maximum absolute atomic E-state index is 3.67. The van der Waals surface area contributed by atoms with Crippen LogP contribution in [0.4, 0.5) is 0 Å². The average Bonchev–Trinajstić information content (AvgIpc) is 3.19. The molecule has 1 saturated carbocycles. The van der Waals surface area contributed by atoms with Gasteiger partial charge in [-0.15, -0.1) is 0 Å².